The zero-order valence-corrected chi connectivity index (χ0v) is 40.6. The van der Waals surface area contributed by atoms with Crippen LogP contribution in [-0.4, -0.2) is 74.9 Å². The number of thioether (sulfide) groups is 1. The maximum absolute atomic E-state index is 14.1. The van der Waals surface area contributed by atoms with Gasteiger partial charge in [-0.2, -0.15) is 11.8 Å². The number of aliphatic hydroxyl groups excluding tert-OH is 1. The molecule has 0 heterocycles. The molecule has 5 aromatic carbocycles. The van der Waals surface area contributed by atoms with Gasteiger partial charge in [-0.15, -0.1) is 0 Å². The Bertz CT molecular complexity index is 2320. The molecule has 0 bridgehead atoms. The van der Waals surface area contributed by atoms with Crippen LogP contribution < -0.4 is 14.5 Å². The van der Waals surface area contributed by atoms with Crippen molar-refractivity contribution >= 4 is 43.6 Å². The fraction of sp³-hybridized carbons (Fsp3) is 0.353. The fourth-order valence-corrected chi connectivity index (χ4v) is 9.20. The number of nitrogens with one attached hydrogen (secondary N) is 1. The zero-order chi connectivity index (χ0) is 48.1. The van der Waals surface area contributed by atoms with E-state index in [0.717, 1.165) is 16.7 Å². The zero-order valence-electron chi connectivity index (χ0n) is 38.8. The van der Waals surface area contributed by atoms with Crippen LogP contribution in [0.5, 0.6) is 11.5 Å². The number of esters is 2. The van der Waals surface area contributed by atoms with Crippen molar-refractivity contribution in [2.75, 3.05) is 26.6 Å². The maximum atomic E-state index is 14.1. The van der Waals surface area contributed by atoms with E-state index in [-0.39, 0.29) is 53.9 Å². The molecule has 0 aliphatic carbocycles. The van der Waals surface area contributed by atoms with Gasteiger partial charge in [-0.1, -0.05) is 112 Å². The van der Waals surface area contributed by atoms with Gasteiger partial charge in [-0.05, 0) is 65.9 Å². The summed E-state index contributed by atoms with van der Waals surface area (Å²) in [6.45, 7) is 12.0. The first-order chi connectivity index (χ1) is 31.4. The van der Waals surface area contributed by atoms with Gasteiger partial charge in [-0.25, -0.2) is 9.59 Å². The van der Waals surface area contributed by atoms with E-state index in [1.54, 1.807) is 13.0 Å². The van der Waals surface area contributed by atoms with E-state index in [4.69, 9.17) is 23.4 Å². The minimum absolute atomic E-state index is 0.0476. The molecule has 0 spiro atoms. The minimum atomic E-state index is -2.50. The number of carbonyl (C=O) groups is 3. The molecule has 0 saturated carbocycles. The van der Waals surface area contributed by atoms with Crippen molar-refractivity contribution in [3.63, 3.8) is 0 Å². The lowest BCUT2D eigenvalue weighted by atomic mass is 9.80. The van der Waals surface area contributed by atoms with Crippen LogP contribution in [-0.2, 0) is 41.8 Å². The number of benzene rings is 5. The predicted molar refractivity (Wildman–Crippen MR) is 258 cm³/mol. The molecule has 0 aliphatic rings. The summed E-state index contributed by atoms with van der Waals surface area (Å²) in [7, 11) is 0.241. The molecule has 0 saturated heterocycles. The molecule has 5 aromatic rings. The molecule has 0 aromatic heterocycles. The van der Waals surface area contributed by atoms with Crippen LogP contribution >= 0.6 is 11.8 Å². The fourth-order valence-electron chi connectivity index (χ4n) is 7.10. The van der Waals surface area contributed by atoms with Gasteiger partial charge in [0.05, 0.1) is 37.4 Å². The van der Waals surface area contributed by atoms with Gasteiger partial charge in [0.25, 0.3) is 5.69 Å². The number of ether oxygens (including phenoxy) is 4. The molecular formula is C51H60N2O11SSi. The lowest BCUT2D eigenvalue weighted by Gasteiger charge is -2.37. The number of aliphatic hydroxyl groups is 1. The highest BCUT2D eigenvalue weighted by Gasteiger charge is 2.41. The predicted octanol–water partition coefficient (Wildman–Crippen LogP) is 9.69. The molecular weight excluding hydrogens is 877 g/mol. The molecule has 350 valence electrons. The quantitative estimate of drug-likeness (QED) is 0.0222. The third-order valence-corrected chi connectivity index (χ3v) is 17.2. The minimum Gasteiger partial charge on any atom is -0.543 e. The van der Waals surface area contributed by atoms with Crippen LogP contribution in [0.1, 0.15) is 77.4 Å². The molecule has 13 nitrogen and oxygen atoms in total. The number of hydrogen-bond donors (Lipinski definition) is 2. The third-order valence-electron chi connectivity index (χ3n) is 11.8. The number of non-ortho nitro benzene ring substituents is 1. The molecule has 5 rings (SSSR count). The van der Waals surface area contributed by atoms with E-state index in [9.17, 15) is 29.6 Å². The van der Waals surface area contributed by atoms with E-state index in [0.29, 0.717) is 28.2 Å². The van der Waals surface area contributed by atoms with E-state index < -0.39 is 48.8 Å². The summed E-state index contributed by atoms with van der Waals surface area (Å²) in [5.41, 5.74) is 3.30. The number of rotatable bonds is 22. The van der Waals surface area contributed by atoms with Crippen LogP contribution in [0.2, 0.25) is 18.1 Å². The first-order valence-corrected chi connectivity index (χ1v) is 25.7. The smallest absolute Gasteiger partial charge is 0.339 e. The number of methoxy groups -OCH3 is 2. The van der Waals surface area contributed by atoms with Gasteiger partial charge in [-0.3, -0.25) is 14.9 Å². The molecule has 0 fully saturated rings. The highest BCUT2D eigenvalue weighted by atomic mass is 32.2. The number of hydrogen-bond acceptors (Lipinski definition) is 12. The Morgan fingerprint density at radius 3 is 1.86 bits per heavy atom. The first-order valence-electron chi connectivity index (χ1n) is 21.6. The second-order valence-electron chi connectivity index (χ2n) is 17.4. The average Bonchev–Trinajstić information content (AvgIpc) is 3.31. The van der Waals surface area contributed by atoms with Crippen LogP contribution in [0.15, 0.2) is 121 Å². The van der Waals surface area contributed by atoms with Gasteiger partial charge in [0.2, 0.25) is 14.2 Å². The number of carbonyl (C=O) groups excluding carboxylic acids is 3. The Kier molecular flexibility index (Phi) is 17.7. The molecule has 2 atom stereocenters. The Labute approximate surface area is 392 Å². The molecule has 0 unspecified atom stereocenters. The number of nitro benzene ring substituents is 1. The summed E-state index contributed by atoms with van der Waals surface area (Å²) >= 11 is 1.29. The van der Waals surface area contributed by atoms with E-state index in [2.05, 4.69) is 39.2 Å². The summed E-state index contributed by atoms with van der Waals surface area (Å²) in [5.74, 6) is -0.702. The standard InChI is InChI=1S/C51H60N2O11SSi/c1-35-44(60-5)30-45(64-66(7,8)50(2,3)4)42(47(35)49(57)62-31-36-24-26-40(27-25-36)53(58)59)33-65-34-43(48(56)61-6)52-46(55)29-28-41(54)32-63-51(37-18-12-9-13-19-37,38-20-14-10-15-21-38)39-22-16-11-17-23-39/h9-27,30,41,43,54H,28-29,31-34H2,1-8H3,(H,52,55)/t41-,43+/m1/s1. The highest BCUT2D eigenvalue weighted by molar-refractivity contribution is 7.98. The Morgan fingerprint density at radius 2 is 1.38 bits per heavy atom. The van der Waals surface area contributed by atoms with Crippen molar-refractivity contribution in [3.8, 4) is 11.5 Å². The van der Waals surface area contributed by atoms with Crippen molar-refractivity contribution < 1.29 is 47.8 Å². The Morgan fingerprint density at radius 1 is 0.833 bits per heavy atom. The SMILES string of the molecule is COC(=O)[C@H](CSCc1c(O[Si](C)(C)C(C)(C)C)cc(OC)c(C)c1C(=O)OCc1ccc([N+](=O)[O-])cc1)NC(=O)CC[C@@H](O)COC(c1ccccc1)(c1ccccc1)c1ccccc1. The van der Waals surface area contributed by atoms with Crippen LogP contribution in [0.3, 0.4) is 0 Å². The summed E-state index contributed by atoms with van der Waals surface area (Å²) in [4.78, 5) is 51.4. The molecule has 2 N–H and O–H groups in total. The second kappa shape index (κ2) is 22.9. The summed E-state index contributed by atoms with van der Waals surface area (Å²) < 4.78 is 30.2. The average molecular weight is 937 g/mol. The van der Waals surface area contributed by atoms with Gasteiger partial charge in [0.1, 0.15) is 29.7 Å². The monoisotopic (exact) mass is 936 g/mol. The molecule has 0 radical (unpaired) electrons. The van der Waals surface area contributed by atoms with Gasteiger partial charge in [0.15, 0.2) is 0 Å². The normalized spacial score (nSPS) is 12.7. The van der Waals surface area contributed by atoms with Crippen molar-refractivity contribution in [3.05, 3.63) is 170 Å². The topological polar surface area (TPSA) is 173 Å². The van der Waals surface area contributed by atoms with Crippen molar-refractivity contribution in [2.24, 2.45) is 0 Å². The lowest BCUT2D eigenvalue weighted by Crippen LogP contribution is -2.44. The van der Waals surface area contributed by atoms with Crippen molar-refractivity contribution in [1.82, 2.24) is 5.32 Å². The Balaban J connectivity index is 1.32. The molecule has 15 heteroatoms. The lowest BCUT2D eigenvalue weighted by molar-refractivity contribution is -0.384. The Hall–Kier alpha value is -6.00. The largest absolute Gasteiger partial charge is 0.543 e. The maximum Gasteiger partial charge on any atom is 0.339 e. The molecule has 66 heavy (non-hydrogen) atoms. The van der Waals surface area contributed by atoms with Gasteiger partial charge < -0.3 is 33.8 Å². The third kappa shape index (κ3) is 12.7. The highest BCUT2D eigenvalue weighted by Crippen LogP contribution is 2.43. The van der Waals surface area contributed by atoms with Crippen LogP contribution in [0.4, 0.5) is 5.69 Å². The first kappa shape index (κ1) is 51.0. The van der Waals surface area contributed by atoms with Gasteiger partial charge >= 0.3 is 11.9 Å². The van der Waals surface area contributed by atoms with Crippen molar-refractivity contribution in [1.29, 1.82) is 0 Å². The van der Waals surface area contributed by atoms with E-state index in [1.807, 2.05) is 91.0 Å². The number of nitro groups is 1. The van der Waals surface area contributed by atoms with Crippen molar-refractivity contribution in [2.45, 2.75) is 88.8 Å². The van der Waals surface area contributed by atoms with Crippen LogP contribution in [0, 0.1) is 17.0 Å². The summed E-state index contributed by atoms with van der Waals surface area (Å²) in [5, 5.41) is 25.1. The van der Waals surface area contributed by atoms with Crippen LogP contribution in [0.25, 0.3) is 0 Å². The summed E-state index contributed by atoms with van der Waals surface area (Å²) in [6, 6.07) is 35.8. The van der Waals surface area contributed by atoms with E-state index >= 15 is 0 Å². The van der Waals surface area contributed by atoms with Gasteiger partial charge in [0, 0.05) is 47.3 Å². The molecule has 1 amide bonds. The summed E-state index contributed by atoms with van der Waals surface area (Å²) in [6.07, 6.45) is -1.09. The second-order valence-corrected chi connectivity index (χ2v) is 23.1. The van der Waals surface area contributed by atoms with E-state index in [1.165, 1.54) is 50.2 Å². The molecule has 0 aliphatic heterocycles. The number of nitrogens with zero attached hydrogens (tertiary/aromatic N) is 1. The number of amides is 1.